The minimum atomic E-state index is -0.730. The zero-order valence-corrected chi connectivity index (χ0v) is 62.8. The molecule has 0 aromatic heterocycles. The molecule has 1 aliphatic rings. The zero-order chi connectivity index (χ0) is 13.1. The molecule has 1 aromatic rings. The Hall–Kier alpha value is 7.98. The van der Waals surface area contributed by atoms with Crippen molar-refractivity contribution in [2.45, 2.75) is 13.8 Å². The summed E-state index contributed by atoms with van der Waals surface area (Å²) in [7, 11) is 0. The Balaban J connectivity index is 2.96. The molecule has 68 valence electrons. The van der Waals surface area contributed by atoms with Gasteiger partial charge >= 0.3 is 288 Å². The summed E-state index contributed by atoms with van der Waals surface area (Å²) in [6.45, 7) is 5.08. The van der Waals surface area contributed by atoms with Crippen molar-refractivity contribution >= 4 is 3.37 Å². The van der Waals surface area contributed by atoms with Crippen molar-refractivity contribution in [3.8, 4) is 0 Å². The van der Waals surface area contributed by atoms with Crippen LogP contribution in [0.1, 0.15) is 18.1 Å². The Labute approximate surface area is 276 Å². The van der Waals surface area contributed by atoms with Crippen LogP contribution in [0.15, 0.2) is 5.20 Å². The van der Waals surface area contributed by atoms with Gasteiger partial charge in [0.25, 0.3) is 0 Å². The molecule has 0 radical (unpaired) electrons. The first-order valence-corrected chi connectivity index (χ1v) is 50.6. The van der Waals surface area contributed by atoms with Crippen LogP contribution in [0.4, 0.5) is 0 Å². The normalized spacial score (nSPS) is 16.9. The summed E-state index contributed by atoms with van der Waals surface area (Å²) in [6, 6.07) is 0. The molecule has 0 aliphatic carbocycles. The average Bonchev–Trinajstić information content (AvgIpc) is 2.44. The molecule has 0 saturated heterocycles. The standard InChI is InChI=1S/C10H6Si.6Ra.6H/c1-7-3-4-10-9(5-7)6-8(2)11-10;;;;;;;;;;;;/h1-2H3;;;;;;;;;;;;. The van der Waals surface area contributed by atoms with Crippen LogP contribution in [-0.2, 0) is 0 Å². The number of hydrogen-bond acceptors (Lipinski definition) is 0. The summed E-state index contributed by atoms with van der Waals surface area (Å²) in [5, 5.41) is 4.26. The fraction of sp³-hybridized carbons (Fsp3) is 0.200. The molecule has 1 heterocycles. The molecule has 0 fully saturated rings. The molecule has 0 saturated carbocycles. The number of fused-ring (bicyclic) bond motifs is 1. The van der Waals surface area contributed by atoms with Gasteiger partial charge < -0.3 is 0 Å². The van der Waals surface area contributed by atoms with Crippen molar-refractivity contribution in [1.29, 1.82) is 0 Å². The van der Waals surface area contributed by atoms with E-state index in [4.69, 9.17) is 0 Å². The summed E-state index contributed by atoms with van der Waals surface area (Å²) in [5.41, 5.74) is 3.83. The van der Waals surface area contributed by atoms with Crippen LogP contribution < -0.4 is 7.00 Å². The average molecular weight is 1520 g/mol. The van der Waals surface area contributed by atoms with Gasteiger partial charge in [-0.3, -0.25) is 0 Å². The third-order valence-corrected chi connectivity index (χ3v) is 82.7. The molecule has 17 heavy (non-hydrogen) atoms. The Morgan fingerprint density at radius 3 is 1.88 bits per heavy atom. The van der Waals surface area contributed by atoms with E-state index in [1.807, 2.05) is 12.9 Å². The van der Waals surface area contributed by atoms with Crippen molar-refractivity contribution in [3.63, 3.8) is 0 Å². The first-order valence-electron chi connectivity index (χ1n) is 6.50. The van der Waals surface area contributed by atoms with Gasteiger partial charge in [-0.1, -0.05) is 0 Å². The molecule has 1 aliphatic heterocycles. The van der Waals surface area contributed by atoms with Crippen LogP contribution in [0.3, 0.4) is 0 Å². The third-order valence-electron chi connectivity index (χ3n) is 5.19. The monoisotopic (exact) mass is 1520 g/mol. The van der Waals surface area contributed by atoms with Crippen molar-refractivity contribution in [3.05, 3.63) is 16.3 Å². The molecule has 0 atom stereocenters. The number of benzene rings is 1. The van der Waals surface area contributed by atoms with Gasteiger partial charge in [-0.15, -0.1) is 0 Å². The number of rotatable bonds is 0. The van der Waals surface area contributed by atoms with Gasteiger partial charge in [-0.05, 0) is 0 Å². The van der Waals surface area contributed by atoms with E-state index in [9.17, 15) is 0 Å². The maximum atomic E-state index is 2.59. The molecule has 0 unspecified atom stereocenters. The predicted molar refractivity (Wildman–Crippen MR) is 56.4 cm³/mol. The van der Waals surface area contributed by atoms with E-state index in [1.165, 1.54) is 0 Å². The fourth-order valence-corrected chi connectivity index (χ4v) is 180. The summed E-state index contributed by atoms with van der Waals surface area (Å²) >= 11 is 4.03. The molecule has 1 aromatic carbocycles. The molecule has 7 heteroatoms. The van der Waals surface area contributed by atoms with E-state index in [2.05, 4.69) is 24.8 Å². The number of allylic oxidation sites excluding steroid dienone is 1. The van der Waals surface area contributed by atoms with Crippen molar-refractivity contribution in [1.82, 2.24) is 0 Å². The van der Waals surface area contributed by atoms with Crippen LogP contribution in [0, 0.1) is 261 Å². The van der Waals surface area contributed by atoms with E-state index in [0.29, 0.717) is 171 Å². The van der Waals surface area contributed by atoms with Gasteiger partial charge in [0.05, 0.1) is 0 Å². The van der Waals surface area contributed by atoms with Gasteiger partial charge in [0.2, 0.25) is 0 Å². The Kier molecular flexibility index (Phi) is 11.0. The molecular formula is C10H12Ra6Si. The van der Waals surface area contributed by atoms with E-state index in [1.54, 1.807) is 0 Å². The minimum absolute atomic E-state index is 0.581. The summed E-state index contributed by atoms with van der Waals surface area (Å²) in [4.78, 5) is 0. The molecule has 0 spiro atoms. The molecule has 0 amide bonds. The fourth-order valence-electron chi connectivity index (χ4n) is 3.41. The zero-order valence-electron chi connectivity index (χ0n) is 12.5. The van der Waals surface area contributed by atoms with Gasteiger partial charge in [0, 0.05) is 0 Å². The molecule has 0 N–H and O–H groups in total. The van der Waals surface area contributed by atoms with Gasteiger partial charge in [0.1, 0.15) is 0 Å². The van der Waals surface area contributed by atoms with Crippen molar-refractivity contribution < 1.29 is 254 Å². The van der Waals surface area contributed by atoms with E-state index in [-0.39, 0.29) is 0 Å². The first kappa shape index (κ1) is 21.3. The van der Waals surface area contributed by atoms with Crippen LogP contribution in [0.5, 0.6) is 0 Å². The predicted octanol–water partition coefficient (Wildman–Crippen LogP) is -2.51. The van der Waals surface area contributed by atoms with E-state index >= 15 is 0 Å². The van der Waals surface area contributed by atoms with Crippen LogP contribution in [0.2, 0.25) is 0 Å². The molecular weight excluding hydrogens is 1500 g/mol. The van der Waals surface area contributed by atoms with Crippen LogP contribution >= 0.6 is 0 Å². The van der Waals surface area contributed by atoms with Crippen molar-refractivity contribution in [2.24, 2.45) is 0 Å². The second-order valence-electron chi connectivity index (χ2n) is 6.12. The maximum absolute atomic E-state index is 2.59. The van der Waals surface area contributed by atoms with E-state index in [0.717, 1.165) is 83.2 Å². The van der Waals surface area contributed by atoms with Gasteiger partial charge in [-0.25, -0.2) is 0 Å². The van der Waals surface area contributed by atoms with Crippen LogP contribution in [-0.4, -0.2) is -4.24 Å². The second-order valence-corrected chi connectivity index (χ2v) is 178. The van der Waals surface area contributed by atoms with Gasteiger partial charge in [-0.2, -0.15) is 0 Å². The molecule has 2 rings (SSSR count). The number of hydrogen-bond donors (Lipinski definition) is 0. The van der Waals surface area contributed by atoms with Gasteiger partial charge in [0.15, 0.2) is 0 Å². The Morgan fingerprint density at radius 2 is 1.35 bits per heavy atom. The SMILES string of the molecule is CC1=[C]([RaH])c2[c]([RaH])c(C)[c]([RaH])[c]([RaH])c2[Si]1([RaH])[RaH]. The van der Waals surface area contributed by atoms with E-state index < -0.39 is -4.24 Å². The first-order chi connectivity index (χ1) is 7.71. The van der Waals surface area contributed by atoms with Crippen molar-refractivity contribution in [2.75, 3.05) is 0 Å². The van der Waals surface area contributed by atoms with Crippen LogP contribution in [0.25, 0.3) is 0.614 Å². The summed E-state index contributed by atoms with van der Waals surface area (Å²) in [5.74, 6) is 0. The summed E-state index contributed by atoms with van der Waals surface area (Å²) in [6.07, 6.45) is 0. The Morgan fingerprint density at radius 1 is 0.824 bits per heavy atom. The topological polar surface area (TPSA) is 0 Å². The third kappa shape index (κ3) is 4.29. The molecule has 0 nitrogen and oxygen atoms in total. The second kappa shape index (κ2) is 8.78. The molecule has 0 bridgehead atoms. The quantitative estimate of drug-likeness (QED) is 0.253. The Bertz CT molecular complexity index is 561. The summed E-state index contributed by atoms with van der Waals surface area (Å²) < 4.78 is 7.32.